The molecule has 0 aliphatic heterocycles. The summed E-state index contributed by atoms with van der Waals surface area (Å²) in [5.74, 6) is 0. The van der Waals surface area contributed by atoms with Gasteiger partial charge in [0.05, 0.1) is 18.1 Å². The minimum Gasteiger partial charge on any atom is -0.326 e. The van der Waals surface area contributed by atoms with Gasteiger partial charge in [-0.2, -0.15) is 11.3 Å². The molecule has 1 saturated carbocycles. The number of nitrogens with zero attached hydrogens (tertiary/aromatic N) is 2. The molecule has 1 N–H and O–H groups in total. The lowest BCUT2D eigenvalue weighted by Crippen LogP contribution is -2.19. The highest BCUT2D eigenvalue weighted by molar-refractivity contribution is 7.07. The maximum Gasteiger partial charge on any atom is 0.0954 e. The Labute approximate surface area is 106 Å². The van der Waals surface area contributed by atoms with E-state index in [1.165, 1.54) is 24.1 Å². The van der Waals surface area contributed by atoms with Gasteiger partial charge in [0.15, 0.2) is 0 Å². The van der Waals surface area contributed by atoms with Crippen molar-refractivity contribution in [2.24, 2.45) is 0 Å². The summed E-state index contributed by atoms with van der Waals surface area (Å²) in [5, 5.41) is 7.88. The summed E-state index contributed by atoms with van der Waals surface area (Å²) < 4.78 is 2.26. The minimum atomic E-state index is 0.375. The maximum atomic E-state index is 4.28. The highest BCUT2D eigenvalue weighted by atomic mass is 32.1. The molecule has 2 heterocycles. The summed E-state index contributed by atoms with van der Waals surface area (Å²) in [7, 11) is 0. The fraction of sp³-hybridized carbons (Fsp3) is 0.462. The van der Waals surface area contributed by atoms with E-state index in [4.69, 9.17) is 0 Å². The van der Waals surface area contributed by atoms with Crippen LogP contribution in [0, 0.1) is 0 Å². The van der Waals surface area contributed by atoms with Crippen molar-refractivity contribution in [2.75, 3.05) is 0 Å². The predicted molar refractivity (Wildman–Crippen MR) is 70.2 cm³/mol. The van der Waals surface area contributed by atoms with Crippen molar-refractivity contribution in [1.82, 2.24) is 14.9 Å². The van der Waals surface area contributed by atoms with Crippen LogP contribution in [-0.2, 0) is 6.54 Å². The first-order chi connectivity index (χ1) is 8.34. The van der Waals surface area contributed by atoms with Crippen molar-refractivity contribution in [3.8, 4) is 0 Å². The third kappa shape index (κ3) is 2.42. The fourth-order valence-electron chi connectivity index (χ4n) is 2.03. The summed E-state index contributed by atoms with van der Waals surface area (Å²) in [6.45, 7) is 3.16. The topological polar surface area (TPSA) is 29.9 Å². The molecule has 1 atom stereocenters. The zero-order chi connectivity index (χ0) is 11.7. The number of hydrogen-bond donors (Lipinski definition) is 1. The van der Waals surface area contributed by atoms with E-state index in [1.807, 2.05) is 12.5 Å². The Morgan fingerprint density at radius 1 is 1.59 bits per heavy atom. The lowest BCUT2D eigenvalue weighted by molar-refractivity contribution is 0.575. The van der Waals surface area contributed by atoms with Gasteiger partial charge in [0.2, 0.25) is 0 Å². The first-order valence-corrected chi connectivity index (χ1v) is 7.05. The lowest BCUT2D eigenvalue weighted by atomic mass is 10.2. The Bertz CT molecular complexity index is 471. The van der Waals surface area contributed by atoms with Crippen LogP contribution < -0.4 is 5.32 Å². The quantitative estimate of drug-likeness (QED) is 0.880. The monoisotopic (exact) mass is 247 g/mol. The molecule has 3 rings (SSSR count). The average Bonchev–Trinajstić information content (AvgIpc) is 2.86. The average molecular weight is 247 g/mol. The van der Waals surface area contributed by atoms with E-state index >= 15 is 0 Å². The largest absolute Gasteiger partial charge is 0.326 e. The highest BCUT2D eigenvalue weighted by Crippen LogP contribution is 2.23. The summed E-state index contributed by atoms with van der Waals surface area (Å²) >= 11 is 1.75. The number of nitrogens with one attached hydrogen (secondary N) is 1. The third-order valence-electron chi connectivity index (χ3n) is 3.34. The first-order valence-electron chi connectivity index (χ1n) is 6.11. The van der Waals surface area contributed by atoms with Crippen LogP contribution in [-0.4, -0.2) is 15.6 Å². The van der Waals surface area contributed by atoms with E-state index in [9.17, 15) is 0 Å². The van der Waals surface area contributed by atoms with Crippen LogP contribution in [0.5, 0.6) is 0 Å². The van der Waals surface area contributed by atoms with Crippen molar-refractivity contribution in [1.29, 1.82) is 0 Å². The molecule has 0 saturated heterocycles. The van der Waals surface area contributed by atoms with Gasteiger partial charge < -0.3 is 9.88 Å². The van der Waals surface area contributed by atoms with Crippen molar-refractivity contribution < 1.29 is 0 Å². The Morgan fingerprint density at radius 3 is 3.18 bits per heavy atom. The molecule has 3 nitrogen and oxygen atoms in total. The minimum absolute atomic E-state index is 0.375. The Kier molecular flexibility index (Phi) is 2.99. The normalized spacial score (nSPS) is 17.2. The Balaban J connectivity index is 1.75. The first kappa shape index (κ1) is 11.0. The molecule has 0 amide bonds. The van der Waals surface area contributed by atoms with Crippen LogP contribution in [0.15, 0.2) is 29.4 Å². The summed E-state index contributed by atoms with van der Waals surface area (Å²) in [6.07, 6.45) is 6.56. The van der Waals surface area contributed by atoms with E-state index < -0.39 is 0 Å². The SMILES string of the molecule is CC(c1ccsc1)n1cncc1CNC1CC1. The van der Waals surface area contributed by atoms with Crippen LogP contribution >= 0.6 is 11.3 Å². The van der Waals surface area contributed by atoms with E-state index in [0.717, 1.165) is 12.6 Å². The van der Waals surface area contributed by atoms with Crippen LogP contribution in [0.3, 0.4) is 0 Å². The molecule has 1 aliphatic rings. The molecule has 2 aromatic heterocycles. The van der Waals surface area contributed by atoms with Crippen molar-refractivity contribution in [3.63, 3.8) is 0 Å². The van der Waals surface area contributed by atoms with Crippen LogP contribution in [0.25, 0.3) is 0 Å². The Hall–Kier alpha value is -1.13. The number of thiophene rings is 1. The predicted octanol–water partition coefficient (Wildman–Crippen LogP) is 2.81. The fourth-order valence-corrected chi connectivity index (χ4v) is 2.77. The molecule has 90 valence electrons. The summed E-state index contributed by atoms with van der Waals surface area (Å²) in [6, 6.07) is 3.31. The molecule has 0 bridgehead atoms. The second kappa shape index (κ2) is 4.63. The Morgan fingerprint density at radius 2 is 2.47 bits per heavy atom. The second-order valence-electron chi connectivity index (χ2n) is 4.68. The van der Waals surface area contributed by atoms with Gasteiger partial charge in [-0.3, -0.25) is 0 Å². The van der Waals surface area contributed by atoms with Crippen LogP contribution in [0.2, 0.25) is 0 Å². The van der Waals surface area contributed by atoms with Gasteiger partial charge in [-0.05, 0) is 42.2 Å². The third-order valence-corrected chi connectivity index (χ3v) is 4.04. The van der Waals surface area contributed by atoms with Crippen molar-refractivity contribution in [2.45, 2.75) is 38.4 Å². The van der Waals surface area contributed by atoms with E-state index in [-0.39, 0.29) is 0 Å². The van der Waals surface area contributed by atoms with Gasteiger partial charge in [-0.15, -0.1) is 0 Å². The molecule has 17 heavy (non-hydrogen) atoms. The summed E-state index contributed by atoms with van der Waals surface area (Å²) in [5.41, 5.74) is 2.64. The lowest BCUT2D eigenvalue weighted by Gasteiger charge is -2.15. The van der Waals surface area contributed by atoms with Gasteiger partial charge in [-0.25, -0.2) is 4.98 Å². The number of aromatic nitrogens is 2. The molecule has 1 aliphatic carbocycles. The molecule has 0 spiro atoms. The van der Waals surface area contributed by atoms with E-state index in [2.05, 4.69) is 38.6 Å². The smallest absolute Gasteiger partial charge is 0.0954 e. The molecule has 0 radical (unpaired) electrons. The van der Waals surface area contributed by atoms with Crippen molar-refractivity contribution in [3.05, 3.63) is 40.6 Å². The molecule has 0 aromatic carbocycles. The molecule has 1 unspecified atom stereocenters. The van der Waals surface area contributed by atoms with Crippen LogP contribution in [0.4, 0.5) is 0 Å². The molecule has 2 aromatic rings. The molecule has 1 fully saturated rings. The second-order valence-corrected chi connectivity index (χ2v) is 5.46. The van der Waals surface area contributed by atoms with Crippen LogP contribution in [0.1, 0.15) is 37.1 Å². The standard InChI is InChI=1S/C13H17N3S/c1-10(11-4-5-17-8-11)16-9-14-6-13(16)7-15-12-2-3-12/h4-6,8-10,12,15H,2-3,7H2,1H3. The highest BCUT2D eigenvalue weighted by Gasteiger charge is 2.21. The maximum absolute atomic E-state index is 4.28. The van der Waals surface area contributed by atoms with Gasteiger partial charge in [-0.1, -0.05) is 0 Å². The molecule has 4 heteroatoms. The van der Waals surface area contributed by atoms with Gasteiger partial charge >= 0.3 is 0 Å². The van der Waals surface area contributed by atoms with Gasteiger partial charge in [0.1, 0.15) is 0 Å². The number of imidazole rings is 1. The number of rotatable bonds is 5. The van der Waals surface area contributed by atoms with Crippen molar-refractivity contribution >= 4 is 11.3 Å². The number of hydrogen-bond acceptors (Lipinski definition) is 3. The van der Waals surface area contributed by atoms with Gasteiger partial charge in [0, 0.05) is 18.8 Å². The molecular formula is C13H17N3S. The zero-order valence-corrected chi connectivity index (χ0v) is 10.8. The van der Waals surface area contributed by atoms with Gasteiger partial charge in [0.25, 0.3) is 0 Å². The molecular weight excluding hydrogens is 230 g/mol. The summed E-state index contributed by atoms with van der Waals surface area (Å²) in [4.78, 5) is 4.28. The zero-order valence-electron chi connectivity index (χ0n) is 9.97. The van der Waals surface area contributed by atoms with E-state index in [0.29, 0.717) is 6.04 Å². The van der Waals surface area contributed by atoms with E-state index in [1.54, 1.807) is 11.3 Å².